The Morgan fingerprint density at radius 2 is 1.13 bits per heavy atom. The summed E-state index contributed by atoms with van der Waals surface area (Å²) in [6.07, 6.45) is 0. The average Bonchev–Trinajstić information content (AvgIpc) is 3.66. The van der Waals surface area contributed by atoms with Gasteiger partial charge in [-0.05, 0) is 62.2 Å². The molecule has 0 amide bonds. The van der Waals surface area contributed by atoms with Gasteiger partial charge in [0.15, 0.2) is 0 Å². The van der Waals surface area contributed by atoms with Gasteiger partial charge in [-0.2, -0.15) is 0 Å². The van der Waals surface area contributed by atoms with E-state index in [2.05, 4.69) is 182 Å². The number of nitrogens with zero attached hydrogens (tertiary/aromatic N) is 3. The van der Waals surface area contributed by atoms with Crippen LogP contribution >= 0.6 is 0 Å². The fourth-order valence-corrected chi connectivity index (χ4v) is 8.93. The Morgan fingerprint density at radius 1 is 0.462 bits per heavy atom. The lowest BCUT2D eigenvalue weighted by Crippen LogP contribution is -2.14. The van der Waals surface area contributed by atoms with Crippen molar-refractivity contribution in [2.75, 3.05) is 0 Å². The highest BCUT2D eigenvalue weighted by Crippen LogP contribution is 2.50. The van der Waals surface area contributed by atoms with Crippen LogP contribution < -0.4 is 0 Å². The summed E-state index contributed by atoms with van der Waals surface area (Å²) in [6.45, 7) is 4.68. The Balaban J connectivity index is 1.29. The summed E-state index contributed by atoms with van der Waals surface area (Å²) >= 11 is 0. The van der Waals surface area contributed by atoms with E-state index in [-0.39, 0.29) is 5.41 Å². The maximum atomic E-state index is 5.51. The van der Waals surface area contributed by atoms with Crippen LogP contribution in [0.1, 0.15) is 25.0 Å². The molecule has 0 unspecified atom stereocenters. The van der Waals surface area contributed by atoms with Crippen LogP contribution in [0, 0.1) is 0 Å². The van der Waals surface area contributed by atoms with Gasteiger partial charge in [-0.1, -0.05) is 159 Å². The van der Waals surface area contributed by atoms with E-state index < -0.39 is 0 Å². The molecule has 11 rings (SSSR count). The zero-order chi connectivity index (χ0) is 34.6. The molecule has 1 aliphatic carbocycles. The van der Waals surface area contributed by atoms with Crippen molar-refractivity contribution in [2.24, 2.45) is 0 Å². The molecule has 10 aromatic rings. The van der Waals surface area contributed by atoms with Crippen LogP contribution in [0.5, 0.6) is 0 Å². The Morgan fingerprint density at radius 3 is 2.00 bits per heavy atom. The first-order chi connectivity index (χ1) is 25.6. The smallest absolute Gasteiger partial charge is 0.235 e. The van der Waals surface area contributed by atoms with E-state index in [1.165, 1.54) is 49.4 Å². The highest BCUT2D eigenvalue weighted by molar-refractivity contribution is 6.23. The first kappa shape index (κ1) is 29.2. The Bertz CT molecular complexity index is 3100. The number of hydrogen-bond donors (Lipinski definition) is 0. The Kier molecular flexibility index (Phi) is 6.01. The fourth-order valence-electron chi connectivity index (χ4n) is 8.93. The quantitative estimate of drug-likeness (QED) is 0.176. The lowest BCUT2D eigenvalue weighted by atomic mass is 9.82. The molecule has 8 aromatic carbocycles. The van der Waals surface area contributed by atoms with Crippen molar-refractivity contribution in [1.29, 1.82) is 0 Å². The van der Waals surface area contributed by atoms with Crippen LogP contribution in [0.2, 0.25) is 0 Å². The van der Waals surface area contributed by atoms with Crippen molar-refractivity contribution in [3.63, 3.8) is 0 Å². The summed E-state index contributed by atoms with van der Waals surface area (Å²) in [5.74, 6) is 0.665. The minimum Gasteiger partial charge on any atom is -0.277 e. The molecule has 0 saturated carbocycles. The highest BCUT2D eigenvalue weighted by atomic mass is 15.2. The molecule has 0 spiro atoms. The SMILES string of the molecule is CC1(C)c2ccccc2-c2cc(-c3cccc4c5c6ccccc6ccc5n(-c5nc(-c6ccccc6)c6ccc7ccccc7c6n5)c34)ccc21. The van der Waals surface area contributed by atoms with Gasteiger partial charge in [0.2, 0.25) is 5.95 Å². The van der Waals surface area contributed by atoms with Crippen LogP contribution in [0.25, 0.3) is 93.7 Å². The first-order valence-corrected chi connectivity index (χ1v) is 18.0. The first-order valence-electron chi connectivity index (χ1n) is 18.0. The van der Waals surface area contributed by atoms with Crippen molar-refractivity contribution < 1.29 is 0 Å². The van der Waals surface area contributed by atoms with E-state index in [4.69, 9.17) is 9.97 Å². The largest absolute Gasteiger partial charge is 0.277 e. The van der Waals surface area contributed by atoms with Crippen LogP contribution in [0.15, 0.2) is 164 Å². The van der Waals surface area contributed by atoms with Crippen molar-refractivity contribution in [2.45, 2.75) is 19.3 Å². The van der Waals surface area contributed by atoms with Crippen molar-refractivity contribution in [3.8, 4) is 39.5 Å². The summed E-state index contributed by atoms with van der Waals surface area (Å²) in [5, 5.41) is 8.16. The minimum absolute atomic E-state index is 0.0557. The lowest BCUT2D eigenvalue weighted by molar-refractivity contribution is 0.660. The van der Waals surface area contributed by atoms with E-state index in [1.807, 2.05) is 0 Å². The summed E-state index contributed by atoms with van der Waals surface area (Å²) in [6, 6.07) is 59.3. The fraction of sp³-hybridized carbons (Fsp3) is 0.0612. The van der Waals surface area contributed by atoms with Gasteiger partial charge in [-0.15, -0.1) is 0 Å². The molecule has 0 fully saturated rings. The average molecular weight is 664 g/mol. The summed E-state index contributed by atoms with van der Waals surface area (Å²) < 4.78 is 2.32. The normalized spacial score (nSPS) is 13.3. The molecule has 2 aromatic heterocycles. The Hall–Kier alpha value is -6.58. The molecule has 244 valence electrons. The number of fused-ring (bicyclic) bond motifs is 11. The number of rotatable bonds is 3. The number of benzene rings is 8. The Labute approximate surface area is 301 Å². The molecule has 0 aliphatic heterocycles. The summed E-state index contributed by atoms with van der Waals surface area (Å²) in [4.78, 5) is 11.0. The topological polar surface area (TPSA) is 30.7 Å². The third-order valence-electron chi connectivity index (χ3n) is 11.4. The summed E-state index contributed by atoms with van der Waals surface area (Å²) in [5.41, 5.74) is 12.8. The van der Waals surface area contributed by atoms with Gasteiger partial charge in [0.1, 0.15) is 0 Å². The molecule has 0 bridgehead atoms. The molecule has 2 heterocycles. The van der Waals surface area contributed by atoms with E-state index in [9.17, 15) is 0 Å². The molecule has 0 N–H and O–H groups in total. The molecular formula is C49H33N3. The highest BCUT2D eigenvalue weighted by Gasteiger charge is 2.35. The van der Waals surface area contributed by atoms with Crippen molar-refractivity contribution in [3.05, 3.63) is 175 Å². The van der Waals surface area contributed by atoms with Gasteiger partial charge in [-0.25, -0.2) is 9.97 Å². The molecule has 3 nitrogen and oxygen atoms in total. The molecule has 1 aliphatic rings. The predicted octanol–water partition coefficient (Wildman–Crippen LogP) is 12.7. The standard InChI is InChI=1S/C49H33N3/c1-49(2)41-22-11-10-19-37(41)40-29-33(24-27-42(40)49)36-20-12-21-38-44-34-17-8-6-13-30(34)25-28-43(44)52(47(36)38)48-50-45(32-15-4-3-5-16-32)39-26-23-31-14-7-9-18-35(31)46(39)51-48/h3-29H,1-2H3. The monoisotopic (exact) mass is 663 g/mol. The summed E-state index contributed by atoms with van der Waals surface area (Å²) in [7, 11) is 0. The van der Waals surface area contributed by atoms with Crippen molar-refractivity contribution >= 4 is 54.3 Å². The molecular weight excluding hydrogens is 631 g/mol. The second-order valence-electron chi connectivity index (χ2n) is 14.6. The molecule has 52 heavy (non-hydrogen) atoms. The molecule has 0 radical (unpaired) electrons. The number of para-hydroxylation sites is 1. The van der Waals surface area contributed by atoms with Crippen LogP contribution in [0.3, 0.4) is 0 Å². The predicted molar refractivity (Wildman–Crippen MR) is 217 cm³/mol. The third-order valence-corrected chi connectivity index (χ3v) is 11.4. The second kappa shape index (κ2) is 10.7. The van der Waals surface area contributed by atoms with Crippen LogP contribution in [-0.4, -0.2) is 14.5 Å². The lowest BCUT2D eigenvalue weighted by Gasteiger charge is -2.21. The van der Waals surface area contributed by atoms with Crippen LogP contribution in [0.4, 0.5) is 0 Å². The number of hydrogen-bond acceptors (Lipinski definition) is 2. The third kappa shape index (κ3) is 4.02. The van der Waals surface area contributed by atoms with Gasteiger partial charge in [-0.3, -0.25) is 4.57 Å². The maximum Gasteiger partial charge on any atom is 0.235 e. The maximum absolute atomic E-state index is 5.51. The van der Waals surface area contributed by atoms with Gasteiger partial charge in [0.05, 0.1) is 22.2 Å². The van der Waals surface area contributed by atoms with E-state index in [1.54, 1.807) is 0 Å². The zero-order valence-electron chi connectivity index (χ0n) is 28.9. The minimum atomic E-state index is -0.0557. The van der Waals surface area contributed by atoms with E-state index in [0.717, 1.165) is 49.5 Å². The van der Waals surface area contributed by atoms with E-state index in [0.29, 0.717) is 5.95 Å². The van der Waals surface area contributed by atoms with Crippen molar-refractivity contribution in [1.82, 2.24) is 14.5 Å². The van der Waals surface area contributed by atoms with Gasteiger partial charge < -0.3 is 0 Å². The molecule has 0 saturated heterocycles. The second-order valence-corrected chi connectivity index (χ2v) is 14.6. The van der Waals surface area contributed by atoms with E-state index >= 15 is 0 Å². The van der Waals surface area contributed by atoms with Crippen LogP contribution in [-0.2, 0) is 5.41 Å². The van der Waals surface area contributed by atoms with Gasteiger partial charge in [0, 0.05) is 38.1 Å². The molecule has 3 heteroatoms. The van der Waals surface area contributed by atoms with Gasteiger partial charge >= 0.3 is 0 Å². The molecule has 0 atom stereocenters. The number of aromatic nitrogens is 3. The zero-order valence-corrected chi connectivity index (χ0v) is 28.9. The van der Waals surface area contributed by atoms with Gasteiger partial charge in [0.25, 0.3) is 0 Å².